The minimum Gasteiger partial charge on any atom is -0.324 e. The first kappa shape index (κ1) is 12.9. The van der Waals surface area contributed by atoms with Crippen molar-refractivity contribution in [3.63, 3.8) is 0 Å². The Morgan fingerprint density at radius 2 is 1.81 bits per heavy atom. The van der Waals surface area contributed by atoms with E-state index < -0.39 is 36.7 Å². The summed E-state index contributed by atoms with van der Waals surface area (Å²) in [6.45, 7) is 0. The van der Waals surface area contributed by atoms with E-state index in [0.29, 0.717) is 0 Å². The van der Waals surface area contributed by atoms with E-state index >= 15 is 0 Å². The molecule has 0 fully saturated rings. The fourth-order valence-corrected chi connectivity index (χ4v) is 1.27. The maximum Gasteiger partial charge on any atom is 0.389 e. The van der Waals surface area contributed by atoms with Crippen molar-refractivity contribution in [1.29, 1.82) is 0 Å². The average molecular weight is 239 g/mol. The van der Waals surface area contributed by atoms with Gasteiger partial charge in [0.15, 0.2) is 0 Å². The Morgan fingerprint density at radius 1 is 1.19 bits per heavy atom. The SMILES string of the molecule is NC(CCC(F)(F)F)c1cc(F)ccc1F. The number of benzene rings is 1. The highest BCUT2D eigenvalue weighted by molar-refractivity contribution is 5.21. The zero-order valence-electron chi connectivity index (χ0n) is 8.19. The molecular weight excluding hydrogens is 229 g/mol. The summed E-state index contributed by atoms with van der Waals surface area (Å²) in [6, 6.07) is 1.39. The van der Waals surface area contributed by atoms with E-state index in [1.807, 2.05) is 0 Å². The van der Waals surface area contributed by atoms with Crippen molar-refractivity contribution < 1.29 is 22.0 Å². The second kappa shape index (κ2) is 4.78. The Bertz CT molecular complexity index is 361. The Balaban J connectivity index is 2.73. The molecule has 1 nitrogen and oxygen atoms in total. The fourth-order valence-electron chi connectivity index (χ4n) is 1.27. The molecule has 0 bridgehead atoms. The fraction of sp³-hybridized carbons (Fsp3) is 0.400. The molecule has 1 aromatic carbocycles. The van der Waals surface area contributed by atoms with Crippen molar-refractivity contribution in [2.75, 3.05) is 0 Å². The first-order chi connectivity index (χ1) is 7.29. The van der Waals surface area contributed by atoms with Crippen LogP contribution in [0.15, 0.2) is 18.2 Å². The van der Waals surface area contributed by atoms with Gasteiger partial charge in [-0.05, 0) is 24.6 Å². The molecule has 0 radical (unpaired) electrons. The first-order valence-electron chi connectivity index (χ1n) is 4.57. The lowest BCUT2D eigenvalue weighted by Crippen LogP contribution is -2.17. The zero-order chi connectivity index (χ0) is 12.3. The molecule has 1 aromatic rings. The zero-order valence-corrected chi connectivity index (χ0v) is 8.19. The molecule has 0 aliphatic heterocycles. The third-order valence-corrected chi connectivity index (χ3v) is 2.10. The van der Waals surface area contributed by atoms with Crippen LogP contribution in [0.2, 0.25) is 0 Å². The highest BCUT2D eigenvalue weighted by atomic mass is 19.4. The van der Waals surface area contributed by atoms with Gasteiger partial charge in [-0.3, -0.25) is 0 Å². The Hall–Kier alpha value is -1.17. The second-order valence-corrected chi connectivity index (χ2v) is 3.43. The molecule has 0 spiro atoms. The van der Waals surface area contributed by atoms with Gasteiger partial charge in [-0.2, -0.15) is 13.2 Å². The van der Waals surface area contributed by atoms with E-state index in [0.717, 1.165) is 18.2 Å². The van der Waals surface area contributed by atoms with Crippen LogP contribution in [0.5, 0.6) is 0 Å². The third kappa shape index (κ3) is 3.77. The smallest absolute Gasteiger partial charge is 0.324 e. The largest absolute Gasteiger partial charge is 0.389 e. The lowest BCUT2D eigenvalue weighted by Gasteiger charge is -2.14. The quantitative estimate of drug-likeness (QED) is 0.804. The Kier molecular flexibility index (Phi) is 3.85. The van der Waals surface area contributed by atoms with Gasteiger partial charge in [0.25, 0.3) is 0 Å². The van der Waals surface area contributed by atoms with Gasteiger partial charge in [-0.1, -0.05) is 0 Å². The van der Waals surface area contributed by atoms with Crippen LogP contribution in [0, 0.1) is 11.6 Å². The van der Waals surface area contributed by atoms with E-state index in [2.05, 4.69) is 0 Å². The molecule has 2 N–H and O–H groups in total. The van der Waals surface area contributed by atoms with Crippen LogP contribution < -0.4 is 5.73 Å². The van der Waals surface area contributed by atoms with Crippen LogP contribution in [-0.4, -0.2) is 6.18 Å². The first-order valence-corrected chi connectivity index (χ1v) is 4.57. The van der Waals surface area contributed by atoms with Crippen molar-refractivity contribution >= 4 is 0 Å². The van der Waals surface area contributed by atoms with Gasteiger partial charge >= 0.3 is 6.18 Å². The van der Waals surface area contributed by atoms with Gasteiger partial charge in [0.1, 0.15) is 11.6 Å². The number of halogens is 5. The summed E-state index contributed by atoms with van der Waals surface area (Å²) in [7, 11) is 0. The Morgan fingerprint density at radius 3 is 2.38 bits per heavy atom. The van der Waals surface area contributed by atoms with E-state index in [1.165, 1.54) is 0 Å². The molecule has 0 aliphatic carbocycles. The predicted molar refractivity (Wildman–Crippen MR) is 48.6 cm³/mol. The molecule has 1 atom stereocenters. The molecule has 0 amide bonds. The normalized spacial score (nSPS) is 13.9. The molecule has 1 unspecified atom stereocenters. The lowest BCUT2D eigenvalue weighted by molar-refractivity contribution is -0.136. The van der Waals surface area contributed by atoms with Gasteiger partial charge in [0, 0.05) is 18.0 Å². The van der Waals surface area contributed by atoms with Gasteiger partial charge in [-0.25, -0.2) is 8.78 Å². The number of hydrogen-bond acceptors (Lipinski definition) is 1. The Labute approximate surface area is 89.1 Å². The predicted octanol–water partition coefficient (Wildman–Crippen LogP) is 3.31. The van der Waals surface area contributed by atoms with Gasteiger partial charge in [0.05, 0.1) is 0 Å². The molecule has 0 aromatic heterocycles. The van der Waals surface area contributed by atoms with E-state index in [1.54, 1.807) is 0 Å². The maximum atomic E-state index is 13.1. The van der Waals surface area contributed by atoms with Crippen molar-refractivity contribution in [3.8, 4) is 0 Å². The number of hydrogen-bond donors (Lipinski definition) is 1. The molecule has 6 heteroatoms. The highest BCUT2D eigenvalue weighted by Gasteiger charge is 2.28. The topological polar surface area (TPSA) is 26.0 Å². The van der Waals surface area contributed by atoms with E-state index in [4.69, 9.17) is 5.73 Å². The summed E-state index contributed by atoms with van der Waals surface area (Å²) in [4.78, 5) is 0. The molecule has 90 valence electrons. The van der Waals surface area contributed by atoms with E-state index in [9.17, 15) is 22.0 Å². The molecular formula is C10H10F5N. The monoisotopic (exact) mass is 239 g/mol. The minimum absolute atomic E-state index is 0.232. The van der Waals surface area contributed by atoms with Crippen LogP contribution in [0.25, 0.3) is 0 Å². The van der Waals surface area contributed by atoms with E-state index in [-0.39, 0.29) is 5.56 Å². The average Bonchev–Trinajstić information content (AvgIpc) is 2.17. The van der Waals surface area contributed by atoms with Gasteiger partial charge in [-0.15, -0.1) is 0 Å². The van der Waals surface area contributed by atoms with Crippen LogP contribution in [0.4, 0.5) is 22.0 Å². The number of nitrogens with two attached hydrogens (primary N) is 1. The molecule has 0 heterocycles. The number of alkyl halides is 3. The molecule has 0 saturated heterocycles. The summed E-state index contributed by atoms with van der Waals surface area (Å²) < 4.78 is 61.5. The van der Waals surface area contributed by atoms with Crippen LogP contribution in [0.3, 0.4) is 0 Å². The van der Waals surface area contributed by atoms with Crippen molar-refractivity contribution in [1.82, 2.24) is 0 Å². The lowest BCUT2D eigenvalue weighted by atomic mass is 10.0. The third-order valence-electron chi connectivity index (χ3n) is 2.10. The summed E-state index contributed by atoms with van der Waals surface area (Å²) in [6.07, 6.45) is -5.94. The maximum absolute atomic E-state index is 13.1. The highest BCUT2D eigenvalue weighted by Crippen LogP contribution is 2.27. The summed E-state index contributed by atoms with van der Waals surface area (Å²) >= 11 is 0. The summed E-state index contributed by atoms with van der Waals surface area (Å²) in [5.41, 5.74) is 5.13. The van der Waals surface area contributed by atoms with Crippen molar-refractivity contribution in [2.45, 2.75) is 25.1 Å². The van der Waals surface area contributed by atoms with Crippen molar-refractivity contribution in [3.05, 3.63) is 35.4 Å². The molecule has 0 saturated carbocycles. The second-order valence-electron chi connectivity index (χ2n) is 3.43. The van der Waals surface area contributed by atoms with Crippen molar-refractivity contribution in [2.24, 2.45) is 5.73 Å². The summed E-state index contributed by atoms with van der Waals surface area (Å²) in [5, 5.41) is 0. The van der Waals surface area contributed by atoms with Crippen LogP contribution >= 0.6 is 0 Å². The van der Waals surface area contributed by atoms with Gasteiger partial charge in [0.2, 0.25) is 0 Å². The molecule has 0 aliphatic rings. The summed E-state index contributed by atoms with van der Waals surface area (Å²) in [5.74, 6) is -1.52. The van der Waals surface area contributed by atoms with Gasteiger partial charge < -0.3 is 5.73 Å². The number of rotatable bonds is 3. The standard InChI is InChI=1S/C10H10F5N/c11-6-1-2-8(12)7(5-6)9(16)3-4-10(13,14)15/h1-2,5,9H,3-4,16H2. The molecule has 16 heavy (non-hydrogen) atoms. The van der Waals surface area contributed by atoms with Crippen LogP contribution in [0.1, 0.15) is 24.4 Å². The van der Waals surface area contributed by atoms with Crippen LogP contribution in [-0.2, 0) is 0 Å². The molecule has 1 rings (SSSR count). The minimum atomic E-state index is -4.35.